The van der Waals surface area contributed by atoms with Crippen LogP contribution in [0.1, 0.15) is 20.9 Å². The molecule has 0 atom stereocenters. The molecule has 0 spiro atoms. The maximum atomic E-state index is 12.8. The van der Waals surface area contributed by atoms with Crippen molar-refractivity contribution in [3.8, 4) is 5.75 Å². The zero-order valence-corrected chi connectivity index (χ0v) is 16.8. The number of nitrogens with one attached hydrogen (secondary N) is 1. The van der Waals surface area contributed by atoms with E-state index in [2.05, 4.69) is 21.2 Å². The number of carbonyl (C=O) groups is 2. The summed E-state index contributed by atoms with van der Waals surface area (Å²) in [5.41, 5.74) is 0.822. The second kappa shape index (κ2) is 9.23. The molecule has 0 radical (unpaired) electrons. The fourth-order valence-electron chi connectivity index (χ4n) is 2.51. The summed E-state index contributed by atoms with van der Waals surface area (Å²) >= 11 is 3.37. The van der Waals surface area contributed by atoms with Crippen LogP contribution >= 0.6 is 15.9 Å². The first kappa shape index (κ1) is 19.7. The SMILES string of the molecule is CN(CCOc1ccc(Br)cc1)C(=O)c1ccccc1NC(=O)c1ccco1. The van der Waals surface area contributed by atoms with Crippen LogP contribution in [0.25, 0.3) is 0 Å². The number of benzene rings is 2. The Morgan fingerprint density at radius 3 is 2.54 bits per heavy atom. The molecule has 28 heavy (non-hydrogen) atoms. The van der Waals surface area contributed by atoms with Gasteiger partial charge >= 0.3 is 0 Å². The van der Waals surface area contributed by atoms with E-state index in [1.165, 1.54) is 6.26 Å². The molecule has 144 valence electrons. The molecule has 0 aliphatic heterocycles. The Bertz CT molecular complexity index is 939. The highest BCUT2D eigenvalue weighted by atomic mass is 79.9. The van der Waals surface area contributed by atoms with Gasteiger partial charge < -0.3 is 19.4 Å². The van der Waals surface area contributed by atoms with Crippen LogP contribution in [-0.4, -0.2) is 36.9 Å². The number of rotatable bonds is 7. The minimum atomic E-state index is -0.411. The van der Waals surface area contributed by atoms with Gasteiger partial charge in [-0.05, 0) is 48.5 Å². The Hall–Kier alpha value is -3.06. The summed E-state index contributed by atoms with van der Waals surface area (Å²) in [6.45, 7) is 0.750. The van der Waals surface area contributed by atoms with Gasteiger partial charge in [0.05, 0.1) is 24.1 Å². The highest BCUT2D eigenvalue weighted by Gasteiger charge is 2.18. The Kier molecular flexibility index (Phi) is 6.49. The molecular weight excluding hydrogens is 424 g/mol. The zero-order chi connectivity index (χ0) is 19.9. The number of para-hydroxylation sites is 1. The molecule has 3 aromatic rings. The van der Waals surface area contributed by atoms with Crippen molar-refractivity contribution in [3.05, 3.63) is 82.7 Å². The van der Waals surface area contributed by atoms with E-state index >= 15 is 0 Å². The van der Waals surface area contributed by atoms with Gasteiger partial charge in [-0.2, -0.15) is 0 Å². The van der Waals surface area contributed by atoms with Gasteiger partial charge in [0, 0.05) is 11.5 Å². The standard InChI is InChI=1S/C21H19BrN2O4/c1-24(12-14-27-16-10-8-15(22)9-11-16)21(26)17-5-2-3-6-18(17)23-20(25)19-7-4-13-28-19/h2-11,13H,12,14H2,1H3,(H,23,25). The van der Waals surface area contributed by atoms with E-state index in [-0.39, 0.29) is 11.7 Å². The number of anilines is 1. The Labute approximate surface area is 171 Å². The first-order valence-corrected chi connectivity index (χ1v) is 9.41. The third-order valence-electron chi connectivity index (χ3n) is 4.01. The van der Waals surface area contributed by atoms with Gasteiger partial charge in [0.15, 0.2) is 5.76 Å². The molecule has 3 rings (SSSR count). The lowest BCUT2D eigenvalue weighted by molar-refractivity contribution is 0.0775. The van der Waals surface area contributed by atoms with Gasteiger partial charge in [0.2, 0.25) is 0 Å². The van der Waals surface area contributed by atoms with Crippen LogP contribution in [0.15, 0.2) is 75.8 Å². The molecule has 1 aromatic heterocycles. The van der Waals surface area contributed by atoms with Gasteiger partial charge in [-0.3, -0.25) is 9.59 Å². The lowest BCUT2D eigenvalue weighted by Gasteiger charge is -2.19. The van der Waals surface area contributed by atoms with Gasteiger partial charge in [-0.1, -0.05) is 28.1 Å². The number of likely N-dealkylation sites (N-methyl/N-ethyl adjacent to an activating group) is 1. The largest absolute Gasteiger partial charge is 0.492 e. The molecule has 2 amide bonds. The number of ether oxygens (including phenoxy) is 1. The molecule has 1 heterocycles. The summed E-state index contributed by atoms with van der Waals surface area (Å²) in [7, 11) is 1.69. The third kappa shape index (κ3) is 5.01. The van der Waals surface area contributed by atoms with E-state index in [9.17, 15) is 9.59 Å². The van der Waals surface area contributed by atoms with Crippen LogP contribution in [0, 0.1) is 0 Å². The predicted octanol–water partition coefficient (Wildman–Crippen LogP) is 4.45. The van der Waals surface area contributed by atoms with E-state index in [1.807, 2.05) is 24.3 Å². The predicted molar refractivity (Wildman–Crippen MR) is 110 cm³/mol. The van der Waals surface area contributed by atoms with Crippen LogP contribution in [0.5, 0.6) is 5.75 Å². The van der Waals surface area contributed by atoms with Crippen molar-refractivity contribution in [3.63, 3.8) is 0 Å². The van der Waals surface area contributed by atoms with Crippen molar-refractivity contribution in [2.24, 2.45) is 0 Å². The topological polar surface area (TPSA) is 71.8 Å². The minimum absolute atomic E-state index is 0.179. The van der Waals surface area contributed by atoms with Crippen LogP contribution in [-0.2, 0) is 0 Å². The Morgan fingerprint density at radius 1 is 1.07 bits per heavy atom. The van der Waals surface area contributed by atoms with Crippen LogP contribution < -0.4 is 10.1 Å². The lowest BCUT2D eigenvalue weighted by Crippen LogP contribution is -2.31. The van der Waals surface area contributed by atoms with Gasteiger partial charge in [0.25, 0.3) is 11.8 Å². The second-order valence-electron chi connectivity index (χ2n) is 6.01. The van der Waals surface area contributed by atoms with E-state index in [4.69, 9.17) is 9.15 Å². The second-order valence-corrected chi connectivity index (χ2v) is 6.92. The number of halogens is 1. The van der Waals surface area contributed by atoms with Crippen molar-refractivity contribution in [1.82, 2.24) is 4.90 Å². The summed E-state index contributed by atoms with van der Waals surface area (Å²) in [6, 6.07) is 17.5. The lowest BCUT2D eigenvalue weighted by atomic mass is 10.1. The molecular formula is C21H19BrN2O4. The Balaban J connectivity index is 1.61. The molecule has 0 bridgehead atoms. The highest BCUT2D eigenvalue weighted by Crippen LogP contribution is 2.19. The Morgan fingerprint density at radius 2 is 1.82 bits per heavy atom. The number of hydrogen-bond donors (Lipinski definition) is 1. The molecule has 0 fully saturated rings. The first-order valence-electron chi connectivity index (χ1n) is 8.62. The van der Waals surface area contributed by atoms with Crippen molar-refractivity contribution < 1.29 is 18.7 Å². The molecule has 7 heteroatoms. The summed E-state index contributed by atoms with van der Waals surface area (Å²) in [6.07, 6.45) is 1.42. The molecule has 0 aliphatic rings. The van der Waals surface area contributed by atoms with Crippen LogP contribution in [0.2, 0.25) is 0 Å². The summed E-state index contributed by atoms with van der Waals surface area (Å²) in [5, 5.41) is 2.72. The number of carbonyl (C=O) groups excluding carboxylic acids is 2. The average Bonchev–Trinajstić information content (AvgIpc) is 3.24. The number of furan rings is 1. The molecule has 6 nitrogen and oxygen atoms in total. The van der Waals surface area contributed by atoms with E-state index < -0.39 is 5.91 Å². The quantitative estimate of drug-likeness (QED) is 0.586. The fourth-order valence-corrected chi connectivity index (χ4v) is 2.77. The molecule has 0 unspecified atom stereocenters. The maximum Gasteiger partial charge on any atom is 0.291 e. The molecule has 0 saturated heterocycles. The number of hydrogen-bond acceptors (Lipinski definition) is 4. The maximum absolute atomic E-state index is 12.8. The number of amides is 2. The molecule has 0 saturated carbocycles. The van der Waals surface area contributed by atoms with Gasteiger partial charge in [0.1, 0.15) is 12.4 Å². The summed E-state index contributed by atoms with van der Waals surface area (Å²) in [5.74, 6) is 0.287. The van der Waals surface area contributed by atoms with Crippen LogP contribution in [0.4, 0.5) is 5.69 Å². The average molecular weight is 443 g/mol. The van der Waals surface area contributed by atoms with E-state index in [1.54, 1.807) is 48.3 Å². The fraction of sp³-hybridized carbons (Fsp3) is 0.143. The van der Waals surface area contributed by atoms with Crippen molar-refractivity contribution in [2.45, 2.75) is 0 Å². The highest BCUT2D eigenvalue weighted by molar-refractivity contribution is 9.10. The smallest absolute Gasteiger partial charge is 0.291 e. The normalized spacial score (nSPS) is 10.4. The van der Waals surface area contributed by atoms with Crippen LogP contribution in [0.3, 0.4) is 0 Å². The molecule has 1 N–H and O–H groups in total. The third-order valence-corrected chi connectivity index (χ3v) is 4.54. The molecule has 0 aliphatic carbocycles. The van der Waals surface area contributed by atoms with Crippen molar-refractivity contribution in [1.29, 1.82) is 0 Å². The molecule has 2 aromatic carbocycles. The van der Waals surface area contributed by atoms with E-state index in [0.29, 0.717) is 24.4 Å². The van der Waals surface area contributed by atoms with Crippen molar-refractivity contribution >= 4 is 33.4 Å². The zero-order valence-electron chi connectivity index (χ0n) is 15.2. The van der Waals surface area contributed by atoms with Gasteiger partial charge in [-0.15, -0.1) is 0 Å². The monoisotopic (exact) mass is 442 g/mol. The van der Waals surface area contributed by atoms with E-state index in [0.717, 1.165) is 10.2 Å². The number of nitrogens with zero attached hydrogens (tertiary/aromatic N) is 1. The van der Waals surface area contributed by atoms with Gasteiger partial charge in [-0.25, -0.2) is 0 Å². The summed E-state index contributed by atoms with van der Waals surface area (Å²) < 4.78 is 11.7. The summed E-state index contributed by atoms with van der Waals surface area (Å²) in [4.78, 5) is 26.6. The minimum Gasteiger partial charge on any atom is -0.492 e. The first-order chi connectivity index (χ1) is 13.5. The van der Waals surface area contributed by atoms with Crippen molar-refractivity contribution in [2.75, 3.05) is 25.5 Å².